The molecule has 1 aromatic heterocycles. The number of carbonyl (C=O) groups is 1. The molecule has 1 amide bonds. The summed E-state index contributed by atoms with van der Waals surface area (Å²) in [7, 11) is 0. The van der Waals surface area contributed by atoms with Crippen LogP contribution in [0.1, 0.15) is 20.8 Å². The van der Waals surface area contributed by atoms with Crippen molar-refractivity contribution in [3.05, 3.63) is 44.5 Å². The number of nitrogens with one attached hydrogen (secondary N) is 1. The summed E-state index contributed by atoms with van der Waals surface area (Å²) in [5.74, 6) is -1.07. The van der Waals surface area contributed by atoms with Gasteiger partial charge in [0.2, 0.25) is 0 Å². The van der Waals surface area contributed by atoms with Crippen LogP contribution < -0.4 is 16.8 Å². The van der Waals surface area contributed by atoms with Crippen LogP contribution in [0.4, 0.5) is 15.1 Å². The second-order valence-corrected chi connectivity index (χ2v) is 6.05. The van der Waals surface area contributed by atoms with Crippen LogP contribution in [0, 0.1) is 17.1 Å². The molecule has 0 bridgehead atoms. The summed E-state index contributed by atoms with van der Waals surface area (Å²) in [5, 5.41) is 12.4. The molecule has 2 aromatic rings. The molecule has 1 aromatic carbocycles. The molecule has 0 aliphatic rings. The molecule has 8 heteroatoms. The van der Waals surface area contributed by atoms with Crippen LogP contribution >= 0.6 is 27.3 Å². The molecule has 0 unspecified atom stereocenters. The molecular weight excluding hydrogens is 359 g/mol. The van der Waals surface area contributed by atoms with Crippen molar-refractivity contribution in [1.29, 1.82) is 5.26 Å². The van der Waals surface area contributed by atoms with E-state index >= 15 is 0 Å². The van der Waals surface area contributed by atoms with E-state index in [0.29, 0.717) is 10.6 Å². The summed E-state index contributed by atoms with van der Waals surface area (Å²) >= 11 is 4.24. The first kappa shape index (κ1) is 15.3. The summed E-state index contributed by atoms with van der Waals surface area (Å²) in [6, 6.07) is 6.47. The second-order valence-electron chi connectivity index (χ2n) is 4.11. The van der Waals surface area contributed by atoms with E-state index in [0.717, 1.165) is 15.8 Å². The van der Waals surface area contributed by atoms with Gasteiger partial charge in [-0.15, -0.1) is 11.3 Å². The van der Waals surface area contributed by atoms with Gasteiger partial charge >= 0.3 is 0 Å². The van der Waals surface area contributed by atoms with Gasteiger partial charge in [-0.2, -0.15) is 5.26 Å². The molecule has 0 atom stereocenters. The molecule has 5 N–H and O–H groups in total. The van der Waals surface area contributed by atoms with Crippen molar-refractivity contribution in [2.24, 2.45) is 5.73 Å². The molecular formula is C13H10BrFN4OS. The lowest BCUT2D eigenvalue weighted by Crippen LogP contribution is -2.10. The Morgan fingerprint density at radius 2 is 2.24 bits per heavy atom. The fourth-order valence-electron chi connectivity index (χ4n) is 1.72. The quantitative estimate of drug-likeness (QED) is 0.771. The number of primary amides is 1. The maximum absolute atomic E-state index is 13.6. The lowest BCUT2D eigenvalue weighted by Gasteiger charge is -2.06. The van der Waals surface area contributed by atoms with Crippen molar-refractivity contribution in [2.75, 3.05) is 11.1 Å². The zero-order chi connectivity index (χ0) is 15.6. The Morgan fingerprint density at radius 3 is 2.86 bits per heavy atom. The predicted molar refractivity (Wildman–Crippen MR) is 83.4 cm³/mol. The summed E-state index contributed by atoms with van der Waals surface area (Å²) in [5.41, 5.74) is 11.5. The summed E-state index contributed by atoms with van der Waals surface area (Å²) in [6.07, 6.45) is 0. The number of anilines is 2. The van der Waals surface area contributed by atoms with Crippen molar-refractivity contribution < 1.29 is 9.18 Å². The third kappa shape index (κ3) is 3.15. The van der Waals surface area contributed by atoms with Crippen molar-refractivity contribution in [1.82, 2.24) is 0 Å². The lowest BCUT2D eigenvalue weighted by atomic mass is 10.2. The molecule has 0 saturated carbocycles. The van der Waals surface area contributed by atoms with Gasteiger partial charge in [0.15, 0.2) is 0 Å². The van der Waals surface area contributed by atoms with Gasteiger partial charge in [0, 0.05) is 16.6 Å². The zero-order valence-corrected chi connectivity index (χ0v) is 13.0. The number of halogens is 2. The fraction of sp³-hybridized carbons (Fsp3) is 0.0769. The minimum Gasteiger partial charge on any atom is -0.396 e. The van der Waals surface area contributed by atoms with Gasteiger partial charge < -0.3 is 16.8 Å². The molecule has 0 aliphatic carbocycles. The average Bonchev–Trinajstić information content (AvgIpc) is 2.76. The number of nitriles is 1. The number of amides is 1. The number of nitrogens with two attached hydrogens (primary N) is 2. The Balaban J connectivity index is 2.28. The first-order chi connectivity index (χ1) is 9.93. The number of nitrogen functional groups attached to an aromatic ring is 1. The number of hydrogen-bond acceptors (Lipinski definition) is 5. The Morgan fingerprint density at radius 1 is 1.52 bits per heavy atom. The van der Waals surface area contributed by atoms with Gasteiger partial charge in [-0.05, 0) is 18.2 Å². The van der Waals surface area contributed by atoms with Gasteiger partial charge in [-0.25, -0.2) is 4.39 Å². The van der Waals surface area contributed by atoms with Crippen molar-refractivity contribution in [3.63, 3.8) is 0 Å². The molecule has 0 fully saturated rings. The van der Waals surface area contributed by atoms with Crippen LogP contribution in [0.5, 0.6) is 0 Å². The van der Waals surface area contributed by atoms with E-state index in [9.17, 15) is 9.18 Å². The van der Waals surface area contributed by atoms with E-state index in [1.54, 1.807) is 12.1 Å². The number of hydrogen-bond donors (Lipinski definition) is 3. The normalized spacial score (nSPS) is 10.1. The minimum atomic E-state index is -0.698. The van der Waals surface area contributed by atoms with Gasteiger partial charge in [0.05, 0.1) is 5.69 Å². The number of rotatable bonds is 4. The van der Waals surface area contributed by atoms with E-state index in [1.807, 2.05) is 6.07 Å². The Kier molecular flexibility index (Phi) is 4.45. The van der Waals surface area contributed by atoms with E-state index in [2.05, 4.69) is 21.2 Å². The number of benzene rings is 1. The zero-order valence-electron chi connectivity index (χ0n) is 10.6. The fourth-order valence-corrected chi connectivity index (χ4v) is 3.04. The second kappa shape index (κ2) is 6.11. The monoisotopic (exact) mass is 368 g/mol. The minimum absolute atomic E-state index is 0.0483. The summed E-state index contributed by atoms with van der Waals surface area (Å²) in [6.45, 7) is 0.151. The Hall–Kier alpha value is -2.11. The molecule has 108 valence electrons. The molecule has 1 heterocycles. The molecule has 0 spiro atoms. The standard InChI is InChI=1S/C13H10BrFN4OS/c14-7-1-2-9(15)6(3-7)5-19-13-8(4-16)10(17)11(21-13)12(18)20/h1-3,19H,5,17H2,(H2,18,20). The van der Waals surface area contributed by atoms with Crippen LogP contribution in [0.2, 0.25) is 0 Å². The molecule has 5 nitrogen and oxygen atoms in total. The first-order valence-corrected chi connectivity index (χ1v) is 7.35. The van der Waals surface area contributed by atoms with E-state index in [4.69, 9.17) is 16.7 Å². The number of nitrogens with zero attached hydrogens (tertiary/aromatic N) is 1. The molecule has 0 aliphatic heterocycles. The van der Waals surface area contributed by atoms with Gasteiger partial charge in [-0.3, -0.25) is 4.79 Å². The number of carbonyl (C=O) groups excluding carboxylic acids is 1. The van der Waals surface area contributed by atoms with Gasteiger partial charge in [-0.1, -0.05) is 15.9 Å². The molecule has 0 saturated heterocycles. The maximum atomic E-state index is 13.6. The highest BCUT2D eigenvalue weighted by molar-refractivity contribution is 9.10. The van der Waals surface area contributed by atoms with Crippen LogP contribution in [0.25, 0.3) is 0 Å². The largest absolute Gasteiger partial charge is 0.396 e. The first-order valence-electron chi connectivity index (χ1n) is 5.74. The predicted octanol–water partition coefficient (Wildman–Crippen LogP) is 2.81. The van der Waals surface area contributed by atoms with Gasteiger partial charge in [0.25, 0.3) is 5.91 Å². The van der Waals surface area contributed by atoms with E-state index in [-0.39, 0.29) is 28.5 Å². The Bertz CT molecular complexity index is 753. The van der Waals surface area contributed by atoms with Gasteiger partial charge in [0.1, 0.15) is 27.3 Å². The molecule has 2 rings (SSSR count). The number of thiophene rings is 1. The maximum Gasteiger partial charge on any atom is 0.261 e. The van der Waals surface area contributed by atoms with E-state index in [1.165, 1.54) is 6.07 Å². The van der Waals surface area contributed by atoms with Crippen LogP contribution in [-0.4, -0.2) is 5.91 Å². The topological polar surface area (TPSA) is 105 Å². The van der Waals surface area contributed by atoms with Crippen molar-refractivity contribution >= 4 is 43.9 Å². The third-order valence-corrected chi connectivity index (χ3v) is 4.40. The van der Waals surface area contributed by atoms with Crippen LogP contribution in [0.15, 0.2) is 22.7 Å². The van der Waals surface area contributed by atoms with Crippen molar-refractivity contribution in [3.8, 4) is 6.07 Å². The highest BCUT2D eigenvalue weighted by Crippen LogP contribution is 2.35. The average molecular weight is 369 g/mol. The third-order valence-electron chi connectivity index (χ3n) is 2.73. The van der Waals surface area contributed by atoms with Crippen LogP contribution in [-0.2, 0) is 6.54 Å². The van der Waals surface area contributed by atoms with E-state index < -0.39 is 5.91 Å². The van der Waals surface area contributed by atoms with Crippen LogP contribution in [0.3, 0.4) is 0 Å². The summed E-state index contributed by atoms with van der Waals surface area (Å²) < 4.78 is 14.4. The smallest absolute Gasteiger partial charge is 0.261 e. The lowest BCUT2D eigenvalue weighted by molar-refractivity contribution is 0.100. The highest BCUT2D eigenvalue weighted by Gasteiger charge is 2.19. The van der Waals surface area contributed by atoms with Crippen molar-refractivity contribution in [2.45, 2.75) is 6.54 Å². The highest BCUT2D eigenvalue weighted by atomic mass is 79.9. The SMILES string of the molecule is N#Cc1c(NCc2cc(Br)ccc2F)sc(C(N)=O)c1N. The molecule has 21 heavy (non-hydrogen) atoms. The Labute approximate surface area is 132 Å². The summed E-state index contributed by atoms with van der Waals surface area (Å²) in [4.78, 5) is 11.3. The molecule has 0 radical (unpaired) electrons.